The fraction of sp³-hybridized carbons (Fsp3) is 0.333. The summed E-state index contributed by atoms with van der Waals surface area (Å²) < 4.78 is 0. The molecule has 4 N–H and O–H groups in total. The third-order valence-electron chi connectivity index (χ3n) is 3.10. The van der Waals surface area contributed by atoms with Crippen molar-refractivity contribution in [2.24, 2.45) is 5.73 Å². The lowest BCUT2D eigenvalue weighted by molar-refractivity contribution is -0.384. The second-order valence-electron chi connectivity index (χ2n) is 4.54. The van der Waals surface area contributed by atoms with Crippen LogP contribution in [0.1, 0.15) is 23.2 Å². The Morgan fingerprint density at radius 3 is 2.80 bits per heavy atom. The van der Waals surface area contributed by atoms with Crippen LogP contribution in [0.15, 0.2) is 18.2 Å². The summed E-state index contributed by atoms with van der Waals surface area (Å²) >= 11 is 0. The monoisotopic (exact) mass is 278 g/mol. The van der Waals surface area contributed by atoms with E-state index in [1.165, 1.54) is 18.2 Å². The maximum Gasteiger partial charge on any atom is 0.292 e. The zero-order chi connectivity index (χ0) is 14.7. The Morgan fingerprint density at radius 2 is 2.25 bits per heavy atom. The summed E-state index contributed by atoms with van der Waals surface area (Å²) in [6.07, 6.45) is 0.935. The number of anilines is 1. The highest BCUT2D eigenvalue weighted by atomic mass is 16.6. The SMILES string of the molecule is NC(=O)c1ccc([N+](=O)[O-])c(NC2CCC(=O)NC2)c1. The smallest absolute Gasteiger partial charge is 0.292 e. The minimum absolute atomic E-state index is 0.0385. The third-order valence-corrected chi connectivity index (χ3v) is 3.10. The van der Waals surface area contributed by atoms with Gasteiger partial charge in [0.25, 0.3) is 5.69 Å². The van der Waals surface area contributed by atoms with Crippen molar-refractivity contribution in [2.45, 2.75) is 18.9 Å². The van der Waals surface area contributed by atoms with Crippen molar-refractivity contribution < 1.29 is 14.5 Å². The summed E-state index contributed by atoms with van der Waals surface area (Å²) in [4.78, 5) is 32.7. The third kappa shape index (κ3) is 3.02. The first-order valence-electron chi connectivity index (χ1n) is 6.09. The molecule has 1 heterocycles. The molecule has 0 radical (unpaired) electrons. The normalized spacial score (nSPS) is 18.2. The van der Waals surface area contributed by atoms with E-state index in [0.29, 0.717) is 19.4 Å². The first kappa shape index (κ1) is 13.8. The second-order valence-corrected chi connectivity index (χ2v) is 4.54. The van der Waals surface area contributed by atoms with Gasteiger partial charge in [-0.1, -0.05) is 0 Å². The van der Waals surface area contributed by atoms with Gasteiger partial charge in [-0.05, 0) is 18.6 Å². The molecule has 106 valence electrons. The predicted molar refractivity (Wildman–Crippen MR) is 71.3 cm³/mol. The quantitative estimate of drug-likeness (QED) is 0.542. The Kier molecular flexibility index (Phi) is 3.83. The fourth-order valence-corrected chi connectivity index (χ4v) is 2.04. The molecule has 1 atom stereocenters. The summed E-state index contributed by atoms with van der Waals surface area (Å²) in [5.41, 5.74) is 5.46. The highest BCUT2D eigenvalue weighted by Crippen LogP contribution is 2.27. The molecule has 0 aromatic heterocycles. The van der Waals surface area contributed by atoms with Crippen LogP contribution in [0.25, 0.3) is 0 Å². The van der Waals surface area contributed by atoms with Crippen LogP contribution in [0.3, 0.4) is 0 Å². The number of carbonyl (C=O) groups is 2. The van der Waals surface area contributed by atoms with Gasteiger partial charge in [-0.25, -0.2) is 0 Å². The summed E-state index contributed by atoms with van der Waals surface area (Å²) in [5, 5.41) is 16.6. The molecule has 0 aliphatic carbocycles. The maximum atomic E-state index is 11.1. The van der Waals surface area contributed by atoms with Gasteiger partial charge in [0.2, 0.25) is 11.8 Å². The van der Waals surface area contributed by atoms with Crippen molar-refractivity contribution in [1.82, 2.24) is 5.32 Å². The van der Waals surface area contributed by atoms with E-state index in [9.17, 15) is 19.7 Å². The fourth-order valence-electron chi connectivity index (χ4n) is 2.04. The lowest BCUT2D eigenvalue weighted by Gasteiger charge is -2.24. The molecule has 0 spiro atoms. The van der Waals surface area contributed by atoms with Gasteiger partial charge in [0.1, 0.15) is 5.69 Å². The number of piperidine rings is 1. The van der Waals surface area contributed by atoms with Crippen LogP contribution < -0.4 is 16.4 Å². The summed E-state index contributed by atoms with van der Waals surface area (Å²) in [7, 11) is 0. The molecule has 20 heavy (non-hydrogen) atoms. The molecule has 1 fully saturated rings. The zero-order valence-corrected chi connectivity index (χ0v) is 10.6. The largest absolute Gasteiger partial charge is 0.375 e. The van der Waals surface area contributed by atoms with Gasteiger partial charge in [-0.3, -0.25) is 19.7 Å². The van der Waals surface area contributed by atoms with Gasteiger partial charge in [0.15, 0.2) is 0 Å². The Hall–Kier alpha value is -2.64. The Labute approximate surface area is 114 Å². The molecule has 1 aliphatic heterocycles. The van der Waals surface area contributed by atoms with Crippen molar-refractivity contribution in [1.29, 1.82) is 0 Å². The number of nitro groups is 1. The van der Waals surface area contributed by atoms with Gasteiger partial charge in [0, 0.05) is 30.6 Å². The number of nitro benzene ring substituents is 1. The maximum absolute atomic E-state index is 11.1. The van der Waals surface area contributed by atoms with Crippen LogP contribution in [-0.4, -0.2) is 29.3 Å². The highest BCUT2D eigenvalue weighted by Gasteiger charge is 2.22. The topological polar surface area (TPSA) is 127 Å². The number of hydrogen-bond donors (Lipinski definition) is 3. The molecule has 8 heteroatoms. The summed E-state index contributed by atoms with van der Waals surface area (Å²) in [6.45, 7) is 0.386. The summed E-state index contributed by atoms with van der Waals surface area (Å²) in [5.74, 6) is -0.691. The molecule has 8 nitrogen and oxygen atoms in total. The van der Waals surface area contributed by atoms with Crippen LogP contribution in [0.4, 0.5) is 11.4 Å². The van der Waals surface area contributed by atoms with Crippen molar-refractivity contribution in [3.63, 3.8) is 0 Å². The molecule has 1 aromatic rings. The van der Waals surface area contributed by atoms with Crippen LogP contribution in [0.5, 0.6) is 0 Å². The van der Waals surface area contributed by atoms with E-state index in [1.807, 2.05) is 0 Å². The number of rotatable bonds is 4. The number of nitrogens with one attached hydrogen (secondary N) is 2. The molecule has 1 unspecified atom stereocenters. The predicted octanol–water partition coefficient (Wildman–Crippen LogP) is 0.384. The van der Waals surface area contributed by atoms with E-state index in [4.69, 9.17) is 5.73 Å². The molecule has 0 bridgehead atoms. The molecule has 2 rings (SSSR count). The number of carbonyl (C=O) groups excluding carboxylic acids is 2. The van der Waals surface area contributed by atoms with Gasteiger partial charge in [-0.15, -0.1) is 0 Å². The average Bonchev–Trinajstić information content (AvgIpc) is 2.41. The van der Waals surface area contributed by atoms with E-state index >= 15 is 0 Å². The van der Waals surface area contributed by atoms with E-state index in [2.05, 4.69) is 10.6 Å². The zero-order valence-electron chi connectivity index (χ0n) is 10.6. The van der Waals surface area contributed by atoms with Crippen LogP contribution in [0.2, 0.25) is 0 Å². The lowest BCUT2D eigenvalue weighted by atomic mass is 10.1. The Balaban J connectivity index is 2.23. The number of hydrogen-bond acceptors (Lipinski definition) is 5. The molecular formula is C12H14N4O4. The number of nitrogens with two attached hydrogens (primary N) is 1. The first-order chi connectivity index (χ1) is 9.47. The Bertz CT molecular complexity index is 563. The average molecular weight is 278 g/mol. The van der Waals surface area contributed by atoms with Crippen LogP contribution in [-0.2, 0) is 4.79 Å². The van der Waals surface area contributed by atoms with E-state index in [-0.39, 0.29) is 28.9 Å². The van der Waals surface area contributed by atoms with Gasteiger partial charge < -0.3 is 16.4 Å². The summed E-state index contributed by atoms with van der Waals surface area (Å²) in [6, 6.07) is 3.80. The van der Waals surface area contributed by atoms with Crippen molar-refractivity contribution in [2.75, 3.05) is 11.9 Å². The van der Waals surface area contributed by atoms with Crippen LogP contribution in [0, 0.1) is 10.1 Å². The highest BCUT2D eigenvalue weighted by molar-refractivity contribution is 5.94. The molecule has 1 saturated heterocycles. The van der Waals surface area contributed by atoms with Gasteiger partial charge in [-0.2, -0.15) is 0 Å². The minimum atomic E-state index is -0.653. The molecule has 1 aliphatic rings. The van der Waals surface area contributed by atoms with E-state index in [0.717, 1.165) is 0 Å². The molecule has 2 amide bonds. The number of benzene rings is 1. The van der Waals surface area contributed by atoms with Gasteiger partial charge in [0.05, 0.1) is 4.92 Å². The molecule has 0 saturated carbocycles. The van der Waals surface area contributed by atoms with Crippen molar-refractivity contribution in [3.05, 3.63) is 33.9 Å². The number of primary amides is 1. The number of nitrogens with zero attached hydrogens (tertiary/aromatic N) is 1. The molecular weight excluding hydrogens is 264 g/mol. The molecule has 1 aromatic carbocycles. The van der Waals surface area contributed by atoms with E-state index in [1.54, 1.807) is 0 Å². The standard InChI is InChI=1S/C12H14N4O4/c13-12(18)7-1-3-10(16(19)20)9(5-7)15-8-2-4-11(17)14-6-8/h1,3,5,8,15H,2,4,6H2,(H2,13,18)(H,14,17). The lowest BCUT2D eigenvalue weighted by Crippen LogP contribution is -2.42. The minimum Gasteiger partial charge on any atom is -0.375 e. The van der Waals surface area contributed by atoms with Crippen LogP contribution >= 0.6 is 0 Å². The van der Waals surface area contributed by atoms with E-state index < -0.39 is 10.8 Å². The first-order valence-corrected chi connectivity index (χ1v) is 6.09. The Morgan fingerprint density at radius 1 is 1.50 bits per heavy atom. The van der Waals surface area contributed by atoms with Crippen molar-refractivity contribution in [3.8, 4) is 0 Å². The van der Waals surface area contributed by atoms with Gasteiger partial charge >= 0.3 is 0 Å². The second kappa shape index (κ2) is 5.55. The number of amides is 2. The van der Waals surface area contributed by atoms with Crippen molar-refractivity contribution >= 4 is 23.2 Å².